The maximum Gasteiger partial charge on any atom is 2.00 e. The zero-order valence-corrected chi connectivity index (χ0v) is 45.5. The number of rotatable bonds is 40. The van der Waals surface area contributed by atoms with Gasteiger partial charge in [0.2, 0.25) is 0 Å². The number of benzene rings is 2. The van der Waals surface area contributed by atoms with Crippen LogP contribution in [0.25, 0.3) is 0 Å². The van der Waals surface area contributed by atoms with Crippen LogP contribution in [0, 0.1) is 0 Å². The summed E-state index contributed by atoms with van der Waals surface area (Å²) >= 11 is 0. The summed E-state index contributed by atoms with van der Waals surface area (Å²) in [7, 11) is 0. The molecule has 0 radical (unpaired) electrons. The first-order valence-electron chi connectivity index (χ1n) is 25.0. The molecule has 2 aromatic carbocycles. The zero-order valence-electron chi connectivity index (χ0n) is 41.1. The number of carbonyl (C=O) groups excluding carboxylic acids is 4. The van der Waals surface area contributed by atoms with E-state index < -0.39 is 11.9 Å². The summed E-state index contributed by atoms with van der Waals surface area (Å²) in [6.07, 6.45) is 28.8. The van der Waals surface area contributed by atoms with Gasteiger partial charge in [0, 0.05) is 25.8 Å². The van der Waals surface area contributed by atoms with Crippen molar-refractivity contribution in [3.63, 3.8) is 0 Å². The molecule has 11 heteroatoms. The Bertz CT molecular complexity index is 1320. The minimum absolute atomic E-state index is 0. The molecule has 2 rings (SSSR count). The molecule has 0 bridgehead atoms. The normalized spacial score (nSPS) is 12.7. The molecule has 4 unspecified atom stereocenters. The fourth-order valence-corrected chi connectivity index (χ4v) is 7.89. The van der Waals surface area contributed by atoms with Gasteiger partial charge in [-0.15, -0.1) is 0 Å². The van der Waals surface area contributed by atoms with Gasteiger partial charge in [0.05, 0.1) is 37.6 Å². The van der Waals surface area contributed by atoms with Crippen molar-refractivity contribution >= 4 is 72.8 Å². The summed E-state index contributed by atoms with van der Waals surface area (Å²) < 4.78 is 22.9. The summed E-state index contributed by atoms with van der Waals surface area (Å²) in [5, 5.41) is 20.8. The number of ether oxygens (including phenoxy) is 4. The van der Waals surface area contributed by atoms with Crippen molar-refractivity contribution in [3.05, 3.63) is 71.8 Å². The van der Waals surface area contributed by atoms with Crippen LogP contribution in [0.15, 0.2) is 60.7 Å². The largest absolute Gasteiger partial charge is 2.00 e. The van der Waals surface area contributed by atoms with Crippen LogP contribution in [0.3, 0.4) is 0 Å². The fraction of sp³-hybridized carbons (Fsp3) is 0.704. The molecule has 0 N–H and O–H groups in total. The molecule has 0 fully saturated rings. The number of carbonyl (C=O) groups is 4. The number of hydrogen-bond donors (Lipinski definition) is 0. The van der Waals surface area contributed by atoms with E-state index in [1.54, 1.807) is 0 Å². The predicted molar refractivity (Wildman–Crippen MR) is 258 cm³/mol. The predicted octanol–water partition coefficient (Wildman–Crippen LogP) is 11.1. The van der Waals surface area contributed by atoms with Gasteiger partial charge >= 0.3 is 60.8 Å². The quantitative estimate of drug-likeness (QED) is 0.0358. The molecule has 0 amide bonds. The van der Waals surface area contributed by atoms with E-state index in [9.17, 15) is 29.4 Å². The first-order chi connectivity index (χ1) is 30.9. The van der Waals surface area contributed by atoms with Gasteiger partial charge < -0.3 is 38.7 Å². The van der Waals surface area contributed by atoms with E-state index >= 15 is 0 Å². The van der Waals surface area contributed by atoms with Crippen molar-refractivity contribution in [3.8, 4) is 0 Å². The summed E-state index contributed by atoms with van der Waals surface area (Å²) in [4.78, 5) is 42.8. The molecule has 65 heavy (non-hydrogen) atoms. The second-order valence-corrected chi connectivity index (χ2v) is 17.7. The molecule has 2 aromatic rings. The molecule has 0 saturated carbocycles. The van der Waals surface area contributed by atoms with Crippen molar-refractivity contribution in [2.24, 2.45) is 0 Å². The van der Waals surface area contributed by atoms with Crippen molar-refractivity contribution in [2.75, 3.05) is 0 Å². The van der Waals surface area contributed by atoms with Crippen molar-refractivity contribution in [1.29, 1.82) is 0 Å². The molecular formula is C54H86BaO10. The number of unbranched alkanes of at least 4 members (excludes halogenated alkanes) is 16. The van der Waals surface area contributed by atoms with E-state index in [1.165, 1.54) is 76.3 Å². The third-order valence-corrected chi connectivity index (χ3v) is 11.5. The number of aliphatic carboxylic acids is 2. The second kappa shape index (κ2) is 44.3. The second-order valence-electron chi connectivity index (χ2n) is 17.7. The molecule has 364 valence electrons. The third kappa shape index (κ3) is 42.9. The number of esters is 2. The van der Waals surface area contributed by atoms with Gasteiger partial charge in [-0.2, -0.15) is 0 Å². The van der Waals surface area contributed by atoms with Gasteiger partial charge in [-0.3, -0.25) is 9.59 Å². The van der Waals surface area contributed by atoms with E-state index in [2.05, 4.69) is 24.3 Å². The summed E-state index contributed by atoms with van der Waals surface area (Å²) in [6.45, 7) is 8.15. The molecule has 0 aliphatic rings. The monoisotopic (exact) mass is 1030 g/mol. The van der Waals surface area contributed by atoms with Crippen molar-refractivity contribution in [1.82, 2.24) is 0 Å². The Kier molecular flexibility index (Phi) is 42.8. The molecule has 0 aliphatic heterocycles. The zero-order chi connectivity index (χ0) is 46.9. The Morgan fingerprint density at radius 3 is 0.969 bits per heavy atom. The average Bonchev–Trinajstić information content (AvgIpc) is 3.25. The van der Waals surface area contributed by atoms with Crippen LogP contribution >= 0.6 is 0 Å². The fourth-order valence-electron chi connectivity index (χ4n) is 7.89. The molecule has 0 aliphatic carbocycles. The van der Waals surface area contributed by atoms with Crippen LogP contribution in [-0.2, 0) is 51.3 Å². The topological polar surface area (TPSA) is 151 Å². The third-order valence-electron chi connectivity index (χ3n) is 11.5. The Hall–Kier alpha value is -2.19. The van der Waals surface area contributed by atoms with Gasteiger partial charge in [-0.1, -0.05) is 163 Å². The minimum Gasteiger partial charge on any atom is -0.550 e. The van der Waals surface area contributed by atoms with Crippen molar-refractivity contribution < 1.29 is 48.3 Å². The van der Waals surface area contributed by atoms with E-state index in [1.807, 2.05) is 50.2 Å². The number of carboxylic acids is 2. The van der Waals surface area contributed by atoms with E-state index in [0.717, 1.165) is 116 Å². The number of carboxylic acid groups (broad SMARTS) is 2. The molecule has 0 aromatic heterocycles. The Morgan fingerprint density at radius 1 is 0.415 bits per heavy atom. The Labute approximate surface area is 434 Å². The van der Waals surface area contributed by atoms with Gasteiger partial charge in [-0.05, 0) is 102 Å². The Morgan fingerprint density at radius 2 is 0.677 bits per heavy atom. The molecule has 0 heterocycles. The molecule has 0 spiro atoms. The number of hydrogen-bond acceptors (Lipinski definition) is 10. The standard InChI is InChI=1S/2C27H44O5.Ba/c2*1-23(32-24(2)28)16-10-8-14-20-26(31-22-25-17-11-9-12-18-25)19-13-6-4-3-5-7-15-21-27(29)30;/h2*9,11-12,17-18,23,26H,3-8,10,13-16,19-22H2,1-2H3,(H,29,30);/q;;+2/p-2. The van der Waals surface area contributed by atoms with Gasteiger partial charge in [0.15, 0.2) is 0 Å². The Balaban J connectivity index is 0.00000124. The van der Waals surface area contributed by atoms with E-state index in [4.69, 9.17) is 18.9 Å². The molecular weight excluding hydrogens is 946 g/mol. The summed E-state index contributed by atoms with van der Waals surface area (Å²) in [6, 6.07) is 20.7. The summed E-state index contributed by atoms with van der Waals surface area (Å²) in [5.74, 6) is -2.29. The maximum absolute atomic E-state index is 11.0. The van der Waals surface area contributed by atoms with Gasteiger partial charge in [0.1, 0.15) is 0 Å². The van der Waals surface area contributed by atoms with Crippen LogP contribution in [-0.4, -0.2) is 97.2 Å². The minimum atomic E-state index is -0.939. The van der Waals surface area contributed by atoms with Crippen LogP contribution in [0.4, 0.5) is 0 Å². The molecule has 0 saturated heterocycles. The van der Waals surface area contributed by atoms with Crippen LogP contribution in [0.5, 0.6) is 0 Å². The maximum atomic E-state index is 11.0. The average molecular weight is 1030 g/mol. The summed E-state index contributed by atoms with van der Waals surface area (Å²) in [5.41, 5.74) is 2.42. The van der Waals surface area contributed by atoms with Crippen LogP contribution in [0.2, 0.25) is 0 Å². The van der Waals surface area contributed by atoms with Crippen molar-refractivity contribution in [2.45, 2.75) is 245 Å². The van der Waals surface area contributed by atoms with Gasteiger partial charge in [0.25, 0.3) is 0 Å². The molecule has 4 atom stereocenters. The first-order valence-corrected chi connectivity index (χ1v) is 25.0. The molecule has 10 nitrogen and oxygen atoms in total. The smallest absolute Gasteiger partial charge is 0.550 e. The SMILES string of the molecule is CC(=O)OC(C)CCCCCC(CCCCCCCCCC(=O)[O-])OCc1ccccc1.CC(=O)OC(C)CCCCCC(CCCCCCCCCC(=O)[O-])OCc1ccccc1.[Ba+2]. The first kappa shape index (κ1) is 62.8. The van der Waals surface area contributed by atoms with E-state index in [0.29, 0.717) is 13.2 Å². The van der Waals surface area contributed by atoms with Gasteiger partial charge in [-0.25, -0.2) is 0 Å². The van der Waals surface area contributed by atoms with Crippen LogP contribution < -0.4 is 10.2 Å². The van der Waals surface area contributed by atoms with E-state index in [-0.39, 0.29) is 98.1 Å². The van der Waals surface area contributed by atoms with Crippen LogP contribution in [0.1, 0.15) is 219 Å².